The molecule has 2 aromatic rings. The van der Waals surface area contributed by atoms with Gasteiger partial charge in [-0.15, -0.1) is 0 Å². The quantitative estimate of drug-likeness (QED) is 0.660. The van der Waals surface area contributed by atoms with Crippen molar-refractivity contribution in [3.05, 3.63) is 11.5 Å². The maximum absolute atomic E-state index is 10.8. The first-order valence-corrected chi connectivity index (χ1v) is 6.09. The molecule has 2 N–H and O–H groups in total. The van der Waals surface area contributed by atoms with E-state index in [1.54, 1.807) is 13.3 Å². The summed E-state index contributed by atoms with van der Waals surface area (Å²) < 4.78 is 1.89. The molecule has 0 saturated carbocycles. The summed E-state index contributed by atoms with van der Waals surface area (Å²) in [5.41, 5.74) is 6.68. The van der Waals surface area contributed by atoms with Gasteiger partial charge in [-0.05, 0) is 19.8 Å². The van der Waals surface area contributed by atoms with Gasteiger partial charge in [0.1, 0.15) is 11.3 Å². The van der Waals surface area contributed by atoms with Crippen LogP contribution >= 0.6 is 11.6 Å². The van der Waals surface area contributed by atoms with Crippen molar-refractivity contribution in [3.63, 3.8) is 0 Å². The summed E-state index contributed by atoms with van der Waals surface area (Å²) in [7, 11) is 0. The number of imidazole rings is 1. The molecule has 0 bridgehead atoms. The average Bonchev–Trinajstić information content (AvgIpc) is 2.67. The Hall–Kier alpha value is -1.69. The number of nitrogens with zero attached hydrogens (tertiary/aromatic N) is 4. The van der Waals surface area contributed by atoms with Gasteiger partial charge >= 0.3 is 0 Å². The molecule has 0 unspecified atom stereocenters. The zero-order chi connectivity index (χ0) is 13.1. The summed E-state index contributed by atoms with van der Waals surface area (Å²) in [6.07, 6.45) is 4.00. The van der Waals surface area contributed by atoms with E-state index in [1.165, 1.54) is 0 Å². The summed E-state index contributed by atoms with van der Waals surface area (Å²) in [5.74, 6) is 0.328. The van der Waals surface area contributed by atoms with Crippen LogP contribution in [0, 0.1) is 0 Å². The van der Waals surface area contributed by atoms with Gasteiger partial charge in [-0.25, -0.2) is 4.98 Å². The average molecular weight is 268 g/mol. The molecular weight excluding hydrogens is 254 g/mol. The lowest BCUT2D eigenvalue weighted by Gasteiger charge is -2.04. The third kappa shape index (κ3) is 2.76. The number of anilines is 1. The zero-order valence-electron chi connectivity index (χ0n) is 10.1. The van der Waals surface area contributed by atoms with E-state index < -0.39 is 0 Å². The molecule has 0 aromatic carbocycles. The Labute approximate surface area is 109 Å². The van der Waals surface area contributed by atoms with Gasteiger partial charge in [-0.3, -0.25) is 0 Å². The highest BCUT2D eigenvalue weighted by atomic mass is 35.5. The molecule has 96 valence electrons. The molecule has 0 fully saturated rings. The van der Waals surface area contributed by atoms with Crippen molar-refractivity contribution in [2.75, 3.05) is 5.73 Å². The standard InChI is InChI=1S/C11H14ClN5O/c1-7(18)4-2-3-5-17-6-14-10-8(17)9(12)15-11(13)16-10/h6H,2-5H2,1H3,(H2,13,15,16). The third-order valence-corrected chi connectivity index (χ3v) is 2.89. The van der Waals surface area contributed by atoms with Gasteiger partial charge in [0.15, 0.2) is 10.8 Å². The number of halogens is 1. The van der Waals surface area contributed by atoms with Gasteiger partial charge in [-0.2, -0.15) is 9.97 Å². The van der Waals surface area contributed by atoms with Gasteiger partial charge in [0.05, 0.1) is 6.33 Å². The number of ketones is 1. The molecule has 2 rings (SSSR count). The maximum Gasteiger partial charge on any atom is 0.223 e. The molecule has 0 saturated heterocycles. The molecule has 0 aliphatic rings. The maximum atomic E-state index is 10.8. The molecule has 0 radical (unpaired) electrons. The minimum absolute atomic E-state index is 0.120. The SMILES string of the molecule is CC(=O)CCCCn1cnc2nc(N)nc(Cl)c21. The number of Topliss-reactive ketones (excluding diaryl/α,β-unsaturated/α-hetero) is 1. The fourth-order valence-corrected chi connectivity index (χ4v) is 2.06. The van der Waals surface area contributed by atoms with Crippen LogP contribution in [0.15, 0.2) is 6.33 Å². The van der Waals surface area contributed by atoms with E-state index in [2.05, 4.69) is 15.0 Å². The number of aromatic nitrogens is 4. The van der Waals surface area contributed by atoms with Crippen LogP contribution in [0.4, 0.5) is 5.95 Å². The van der Waals surface area contributed by atoms with E-state index in [1.807, 2.05) is 4.57 Å². The number of nitrogens with two attached hydrogens (primary N) is 1. The van der Waals surface area contributed by atoms with E-state index in [9.17, 15) is 4.79 Å². The van der Waals surface area contributed by atoms with E-state index >= 15 is 0 Å². The number of nitrogen functional groups attached to an aromatic ring is 1. The van der Waals surface area contributed by atoms with Crippen molar-refractivity contribution in [2.24, 2.45) is 0 Å². The van der Waals surface area contributed by atoms with Gasteiger partial charge in [-0.1, -0.05) is 11.6 Å². The van der Waals surface area contributed by atoms with Gasteiger partial charge in [0, 0.05) is 13.0 Å². The predicted octanol–water partition coefficient (Wildman–Crippen LogP) is 1.82. The molecule has 2 heterocycles. The Bertz CT molecular complexity index is 580. The lowest BCUT2D eigenvalue weighted by Crippen LogP contribution is -2.01. The van der Waals surface area contributed by atoms with Crippen molar-refractivity contribution in [3.8, 4) is 0 Å². The van der Waals surface area contributed by atoms with Crippen molar-refractivity contribution in [2.45, 2.75) is 32.7 Å². The monoisotopic (exact) mass is 267 g/mol. The minimum atomic E-state index is 0.120. The number of fused-ring (bicyclic) bond motifs is 1. The second-order valence-corrected chi connectivity index (χ2v) is 4.50. The first kappa shape index (κ1) is 12.8. The fraction of sp³-hybridized carbons (Fsp3) is 0.455. The van der Waals surface area contributed by atoms with Crippen LogP contribution in [0.1, 0.15) is 26.2 Å². The molecule has 0 atom stereocenters. The molecule has 6 nitrogen and oxygen atoms in total. The number of aryl methyl sites for hydroxylation is 1. The number of rotatable bonds is 5. The van der Waals surface area contributed by atoms with Crippen LogP contribution in [0.2, 0.25) is 5.15 Å². The van der Waals surface area contributed by atoms with Crippen LogP contribution < -0.4 is 5.73 Å². The van der Waals surface area contributed by atoms with Crippen LogP contribution in [-0.4, -0.2) is 25.3 Å². The van der Waals surface area contributed by atoms with Crippen LogP contribution in [-0.2, 0) is 11.3 Å². The zero-order valence-corrected chi connectivity index (χ0v) is 10.8. The second kappa shape index (κ2) is 5.30. The Balaban J connectivity index is 2.12. The Morgan fingerprint density at radius 3 is 2.94 bits per heavy atom. The molecule has 0 spiro atoms. The third-order valence-electron chi connectivity index (χ3n) is 2.62. The highest BCUT2D eigenvalue weighted by Gasteiger charge is 2.10. The Morgan fingerprint density at radius 2 is 2.22 bits per heavy atom. The molecule has 0 amide bonds. The van der Waals surface area contributed by atoms with Crippen LogP contribution in [0.25, 0.3) is 11.2 Å². The highest BCUT2D eigenvalue weighted by molar-refractivity contribution is 6.33. The summed E-state index contributed by atoms with van der Waals surface area (Å²) in [6, 6.07) is 0. The minimum Gasteiger partial charge on any atom is -0.368 e. The number of hydrogen-bond donors (Lipinski definition) is 1. The largest absolute Gasteiger partial charge is 0.368 e. The summed E-state index contributed by atoms with van der Waals surface area (Å²) in [5, 5.41) is 0.307. The normalized spacial score (nSPS) is 11.0. The molecule has 0 aliphatic heterocycles. The number of hydrogen-bond acceptors (Lipinski definition) is 5. The highest BCUT2D eigenvalue weighted by Crippen LogP contribution is 2.20. The summed E-state index contributed by atoms with van der Waals surface area (Å²) in [4.78, 5) is 22.9. The van der Waals surface area contributed by atoms with Gasteiger partial charge in [0.2, 0.25) is 5.95 Å². The van der Waals surface area contributed by atoms with Crippen molar-refractivity contribution in [1.29, 1.82) is 0 Å². The Kier molecular flexibility index (Phi) is 3.76. The van der Waals surface area contributed by atoms with Crippen molar-refractivity contribution < 1.29 is 4.79 Å². The smallest absolute Gasteiger partial charge is 0.223 e. The summed E-state index contributed by atoms with van der Waals surface area (Å²) >= 11 is 6.03. The van der Waals surface area contributed by atoms with E-state index in [0.29, 0.717) is 22.7 Å². The lowest BCUT2D eigenvalue weighted by molar-refractivity contribution is -0.117. The first-order valence-electron chi connectivity index (χ1n) is 5.71. The lowest BCUT2D eigenvalue weighted by atomic mass is 10.2. The molecular formula is C11H14ClN5O. The second-order valence-electron chi connectivity index (χ2n) is 4.14. The van der Waals surface area contributed by atoms with E-state index in [0.717, 1.165) is 19.4 Å². The van der Waals surface area contributed by atoms with Crippen molar-refractivity contribution >= 4 is 34.5 Å². The van der Waals surface area contributed by atoms with Crippen molar-refractivity contribution in [1.82, 2.24) is 19.5 Å². The molecule has 7 heteroatoms. The molecule has 18 heavy (non-hydrogen) atoms. The van der Waals surface area contributed by atoms with Gasteiger partial charge in [0.25, 0.3) is 0 Å². The fourth-order valence-electron chi connectivity index (χ4n) is 1.78. The number of carbonyl (C=O) groups excluding carboxylic acids is 1. The summed E-state index contributed by atoms with van der Waals surface area (Å²) in [6.45, 7) is 2.33. The number of carbonyl (C=O) groups is 1. The van der Waals surface area contributed by atoms with E-state index in [4.69, 9.17) is 17.3 Å². The topological polar surface area (TPSA) is 86.7 Å². The van der Waals surface area contributed by atoms with Crippen LogP contribution in [0.3, 0.4) is 0 Å². The molecule has 0 aliphatic carbocycles. The van der Waals surface area contributed by atoms with E-state index in [-0.39, 0.29) is 11.7 Å². The number of unbranched alkanes of at least 4 members (excludes halogenated alkanes) is 1. The van der Waals surface area contributed by atoms with Gasteiger partial charge < -0.3 is 15.1 Å². The first-order chi connectivity index (χ1) is 8.58. The molecule has 2 aromatic heterocycles. The predicted molar refractivity (Wildman–Crippen MR) is 69.3 cm³/mol. The van der Waals surface area contributed by atoms with Crippen LogP contribution in [0.5, 0.6) is 0 Å². The Morgan fingerprint density at radius 1 is 1.44 bits per heavy atom.